The Morgan fingerprint density at radius 2 is 2.33 bits per heavy atom. The van der Waals surface area contributed by atoms with E-state index in [1.807, 2.05) is 18.2 Å². The van der Waals surface area contributed by atoms with Crippen molar-refractivity contribution in [2.45, 2.75) is 38.5 Å². The summed E-state index contributed by atoms with van der Waals surface area (Å²) in [5.41, 5.74) is 1.06. The van der Waals surface area contributed by atoms with Gasteiger partial charge in [0.2, 0.25) is 0 Å². The zero-order valence-corrected chi connectivity index (χ0v) is 13.8. The Labute approximate surface area is 134 Å². The Kier molecular flexibility index (Phi) is 5.82. The molecule has 4 nitrogen and oxygen atoms in total. The molecular weight excluding hydrogens is 332 g/mol. The molecule has 0 saturated heterocycles. The van der Waals surface area contributed by atoms with Crippen molar-refractivity contribution >= 4 is 21.8 Å². The van der Waals surface area contributed by atoms with Crippen molar-refractivity contribution in [2.75, 3.05) is 6.54 Å². The van der Waals surface area contributed by atoms with Crippen LogP contribution in [-0.2, 0) is 11.3 Å². The van der Waals surface area contributed by atoms with Crippen LogP contribution in [0.5, 0.6) is 5.75 Å². The summed E-state index contributed by atoms with van der Waals surface area (Å²) in [6.07, 6.45) is 3.58. The largest absolute Gasteiger partial charge is 0.479 e. The second-order valence-corrected chi connectivity index (χ2v) is 6.03. The Balaban J connectivity index is 2.02. The SMILES string of the molecule is C=CCNC(=O)C(C)Oc1c(Br)cccc1CNC1CC1. The third-order valence-corrected chi connectivity index (χ3v) is 3.92. The maximum atomic E-state index is 11.9. The van der Waals surface area contributed by atoms with Gasteiger partial charge in [0.05, 0.1) is 4.47 Å². The average Bonchev–Trinajstić information content (AvgIpc) is 3.29. The molecule has 2 N–H and O–H groups in total. The lowest BCUT2D eigenvalue weighted by molar-refractivity contribution is -0.127. The molecule has 1 saturated carbocycles. The number of halogens is 1. The Bertz CT molecular complexity index is 515. The van der Waals surface area contributed by atoms with Gasteiger partial charge in [-0.05, 0) is 41.8 Å². The lowest BCUT2D eigenvalue weighted by Gasteiger charge is -2.18. The number of rotatable bonds is 8. The maximum Gasteiger partial charge on any atom is 0.261 e. The molecule has 0 aliphatic heterocycles. The highest BCUT2D eigenvalue weighted by molar-refractivity contribution is 9.10. The monoisotopic (exact) mass is 352 g/mol. The fourth-order valence-electron chi connectivity index (χ4n) is 1.91. The topological polar surface area (TPSA) is 50.4 Å². The van der Waals surface area contributed by atoms with Crippen LogP contribution >= 0.6 is 15.9 Å². The summed E-state index contributed by atoms with van der Waals surface area (Å²) in [6.45, 7) is 6.52. The predicted molar refractivity (Wildman–Crippen MR) is 87.3 cm³/mol. The molecule has 5 heteroatoms. The van der Waals surface area contributed by atoms with Gasteiger partial charge < -0.3 is 15.4 Å². The second-order valence-electron chi connectivity index (χ2n) is 5.18. The molecule has 0 spiro atoms. The molecule has 21 heavy (non-hydrogen) atoms. The van der Waals surface area contributed by atoms with E-state index in [1.165, 1.54) is 12.8 Å². The normalized spacial score (nSPS) is 15.3. The molecule has 1 amide bonds. The van der Waals surface area contributed by atoms with Crippen LogP contribution in [0.15, 0.2) is 35.3 Å². The number of carbonyl (C=O) groups is 1. The maximum absolute atomic E-state index is 11.9. The molecule has 2 rings (SSSR count). The minimum absolute atomic E-state index is 0.147. The molecule has 0 aromatic heterocycles. The van der Waals surface area contributed by atoms with Crippen LogP contribution in [-0.4, -0.2) is 24.6 Å². The fraction of sp³-hybridized carbons (Fsp3) is 0.438. The first kappa shape index (κ1) is 16.0. The highest BCUT2D eigenvalue weighted by atomic mass is 79.9. The molecule has 1 aromatic carbocycles. The Morgan fingerprint density at radius 1 is 1.57 bits per heavy atom. The first-order chi connectivity index (χ1) is 10.1. The summed E-state index contributed by atoms with van der Waals surface area (Å²) in [4.78, 5) is 11.9. The van der Waals surface area contributed by atoms with E-state index in [0.717, 1.165) is 22.3 Å². The Hall–Kier alpha value is -1.33. The molecule has 0 radical (unpaired) electrons. The third-order valence-electron chi connectivity index (χ3n) is 3.29. The van der Waals surface area contributed by atoms with E-state index in [4.69, 9.17) is 4.74 Å². The molecule has 1 atom stereocenters. The van der Waals surface area contributed by atoms with Gasteiger partial charge in [0.15, 0.2) is 6.10 Å². The van der Waals surface area contributed by atoms with E-state index < -0.39 is 6.10 Å². The van der Waals surface area contributed by atoms with Gasteiger partial charge in [0, 0.05) is 24.7 Å². The van der Waals surface area contributed by atoms with Crippen LogP contribution in [0.25, 0.3) is 0 Å². The minimum Gasteiger partial charge on any atom is -0.479 e. The quantitative estimate of drug-likeness (QED) is 0.707. The van der Waals surface area contributed by atoms with Crippen LogP contribution in [0.2, 0.25) is 0 Å². The van der Waals surface area contributed by atoms with Crippen molar-refractivity contribution in [3.8, 4) is 5.75 Å². The molecule has 1 aromatic rings. The van der Waals surface area contributed by atoms with Crippen molar-refractivity contribution in [3.63, 3.8) is 0 Å². The second kappa shape index (κ2) is 7.61. The molecular formula is C16H21BrN2O2. The van der Waals surface area contributed by atoms with Gasteiger partial charge in [-0.3, -0.25) is 4.79 Å². The smallest absolute Gasteiger partial charge is 0.261 e. The molecule has 1 fully saturated rings. The van der Waals surface area contributed by atoms with Crippen LogP contribution in [0.1, 0.15) is 25.3 Å². The van der Waals surface area contributed by atoms with Crippen LogP contribution in [0, 0.1) is 0 Å². The van der Waals surface area contributed by atoms with Gasteiger partial charge >= 0.3 is 0 Å². The Morgan fingerprint density at radius 3 is 3.00 bits per heavy atom. The molecule has 1 unspecified atom stereocenters. The summed E-state index contributed by atoms with van der Waals surface area (Å²) < 4.78 is 6.72. The molecule has 1 aliphatic rings. The molecule has 0 bridgehead atoms. The van der Waals surface area contributed by atoms with Gasteiger partial charge in [0.1, 0.15) is 5.75 Å². The fourth-order valence-corrected chi connectivity index (χ4v) is 2.41. The summed E-state index contributed by atoms with van der Waals surface area (Å²) >= 11 is 3.50. The summed E-state index contributed by atoms with van der Waals surface area (Å²) in [7, 11) is 0. The van der Waals surface area contributed by atoms with Crippen molar-refractivity contribution < 1.29 is 9.53 Å². The lowest BCUT2D eigenvalue weighted by atomic mass is 10.2. The number of carbonyl (C=O) groups excluding carboxylic acids is 1. The van der Waals surface area contributed by atoms with E-state index in [2.05, 4.69) is 33.1 Å². The van der Waals surface area contributed by atoms with Crippen molar-refractivity contribution in [3.05, 3.63) is 40.9 Å². The van der Waals surface area contributed by atoms with Crippen LogP contribution < -0.4 is 15.4 Å². The van der Waals surface area contributed by atoms with E-state index in [-0.39, 0.29) is 5.91 Å². The van der Waals surface area contributed by atoms with Crippen LogP contribution in [0.3, 0.4) is 0 Å². The first-order valence-electron chi connectivity index (χ1n) is 7.18. The van der Waals surface area contributed by atoms with Crippen molar-refractivity contribution in [1.82, 2.24) is 10.6 Å². The third kappa shape index (κ3) is 4.86. The first-order valence-corrected chi connectivity index (χ1v) is 7.97. The molecule has 114 valence electrons. The van der Waals surface area contributed by atoms with E-state index in [1.54, 1.807) is 13.0 Å². The predicted octanol–water partition coefficient (Wildman–Crippen LogP) is 2.77. The molecule has 0 heterocycles. The van der Waals surface area contributed by atoms with Gasteiger partial charge in [-0.1, -0.05) is 18.2 Å². The number of hydrogen-bond donors (Lipinski definition) is 2. The van der Waals surface area contributed by atoms with E-state index in [0.29, 0.717) is 12.6 Å². The highest BCUT2D eigenvalue weighted by Gasteiger charge is 2.22. The van der Waals surface area contributed by atoms with E-state index >= 15 is 0 Å². The van der Waals surface area contributed by atoms with Gasteiger partial charge in [-0.2, -0.15) is 0 Å². The van der Waals surface area contributed by atoms with Crippen molar-refractivity contribution in [2.24, 2.45) is 0 Å². The summed E-state index contributed by atoms with van der Waals surface area (Å²) in [6, 6.07) is 6.54. The zero-order chi connectivity index (χ0) is 15.2. The zero-order valence-electron chi connectivity index (χ0n) is 12.2. The summed E-state index contributed by atoms with van der Waals surface area (Å²) in [5, 5.41) is 6.20. The number of benzene rings is 1. The van der Waals surface area contributed by atoms with Gasteiger partial charge in [-0.15, -0.1) is 6.58 Å². The summed E-state index contributed by atoms with van der Waals surface area (Å²) in [5.74, 6) is 0.582. The van der Waals surface area contributed by atoms with E-state index in [9.17, 15) is 4.79 Å². The molecule has 1 aliphatic carbocycles. The van der Waals surface area contributed by atoms with Crippen LogP contribution in [0.4, 0.5) is 0 Å². The number of nitrogens with one attached hydrogen (secondary N) is 2. The number of ether oxygens (including phenoxy) is 1. The number of amides is 1. The van der Waals surface area contributed by atoms with Gasteiger partial charge in [-0.25, -0.2) is 0 Å². The minimum atomic E-state index is -0.552. The average molecular weight is 353 g/mol. The van der Waals surface area contributed by atoms with Gasteiger partial charge in [0.25, 0.3) is 5.91 Å². The number of para-hydroxylation sites is 1. The lowest BCUT2D eigenvalue weighted by Crippen LogP contribution is -2.36. The number of hydrogen-bond acceptors (Lipinski definition) is 3. The standard InChI is InChI=1S/C16H21BrN2O2/c1-3-9-18-16(20)11(2)21-15-12(5-4-6-14(15)17)10-19-13-7-8-13/h3-6,11,13,19H,1,7-10H2,2H3,(H,18,20). The van der Waals surface area contributed by atoms with Crippen molar-refractivity contribution in [1.29, 1.82) is 0 Å². The highest BCUT2D eigenvalue weighted by Crippen LogP contribution is 2.31.